The van der Waals surface area contributed by atoms with E-state index in [2.05, 4.69) is 33.4 Å². The Morgan fingerprint density at radius 2 is 2.25 bits per heavy atom. The topological polar surface area (TPSA) is 55.9 Å². The minimum absolute atomic E-state index is 0.165. The average Bonchev–Trinajstić information content (AvgIpc) is 2.71. The highest BCUT2D eigenvalue weighted by Gasteiger charge is 2.18. The van der Waals surface area contributed by atoms with Gasteiger partial charge in [-0.25, -0.2) is 4.39 Å². The molecule has 2 rings (SSSR count). The highest BCUT2D eigenvalue weighted by molar-refractivity contribution is 9.10. The van der Waals surface area contributed by atoms with E-state index in [1.807, 2.05) is 17.8 Å². The summed E-state index contributed by atoms with van der Waals surface area (Å²) < 4.78 is 16.2. The summed E-state index contributed by atoms with van der Waals surface area (Å²) in [6, 6.07) is 6.30. The van der Waals surface area contributed by atoms with Gasteiger partial charge in [0.2, 0.25) is 0 Å². The molecule has 0 aliphatic heterocycles. The molecule has 0 saturated carbocycles. The van der Waals surface area contributed by atoms with Gasteiger partial charge >= 0.3 is 0 Å². The van der Waals surface area contributed by atoms with Gasteiger partial charge in [-0.1, -0.05) is 19.1 Å². The van der Waals surface area contributed by atoms with Gasteiger partial charge in [0, 0.05) is 13.5 Å². The highest BCUT2D eigenvalue weighted by atomic mass is 79.9. The molecule has 2 aromatic rings. The van der Waals surface area contributed by atoms with E-state index < -0.39 is 0 Å². The van der Waals surface area contributed by atoms with E-state index in [0.29, 0.717) is 6.42 Å². The summed E-state index contributed by atoms with van der Waals surface area (Å²) in [4.78, 5) is 0. The molecule has 0 amide bonds. The maximum Gasteiger partial charge on any atom is 0.123 e. The Kier molecular flexibility index (Phi) is 4.91. The molecule has 6 heteroatoms. The number of rotatable bonds is 5. The van der Waals surface area contributed by atoms with Crippen molar-refractivity contribution in [2.75, 3.05) is 0 Å². The third-order valence-electron chi connectivity index (χ3n) is 3.35. The van der Waals surface area contributed by atoms with Crippen molar-refractivity contribution in [3.05, 3.63) is 51.5 Å². The lowest BCUT2D eigenvalue weighted by molar-refractivity contribution is 0.524. The van der Waals surface area contributed by atoms with E-state index in [-0.39, 0.29) is 11.9 Å². The molecule has 3 N–H and O–H groups in total. The third kappa shape index (κ3) is 3.08. The third-order valence-corrected chi connectivity index (χ3v) is 4.27. The Balaban J connectivity index is 2.29. The number of aryl methyl sites for hydroxylation is 2. The fraction of sp³-hybridized carbons (Fsp3) is 0.357. The first-order chi connectivity index (χ1) is 9.56. The van der Waals surface area contributed by atoms with Crippen LogP contribution in [0.1, 0.15) is 29.9 Å². The van der Waals surface area contributed by atoms with Crippen LogP contribution in [0.25, 0.3) is 0 Å². The molecule has 0 spiro atoms. The minimum Gasteiger partial charge on any atom is -0.271 e. The van der Waals surface area contributed by atoms with Crippen LogP contribution in [-0.4, -0.2) is 9.78 Å². The second-order valence-electron chi connectivity index (χ2n) is 4.66. The summed E-state index contributed by atoms with van der Waals surface area (Å²) in [5, 5.41) is 4.45. The van der Waals surface area contributed by atoms with Crippen molar-refractivity contribution in [3.63, 3.8) is 0 Å². The Morgan fingerprint density at radius 3 is 2.80 bits per heavy atom. The number of nitrogens with one attached hydrogen (secondary N) is 1. The van der Waals surface area contributed by atoms with Crippen LogP contribution in [0.3, 0.4) is 0 Å². The zero-order valence-electron chi connectivity index (χ0n) is 11.5. The van der Waals surface area contributed by atoms with Gasteiger partial charge in [0.05, 0.1) is 21.9 Å². The Labute approximate surface area is 126 Å². The molecule has 1 unspecified atom stereocenters. The number of hydrogen-bond donors (Lipinski definition) is 2. The van der Waals surface area contributed by atoms with Crippen molar-refractivity contribution >= 4 is 15.9 Å². The highest BCUT2D eigenvalue weighted by Crippen LogP contribution is 2.26. The summed E-state index contributed by atoms with van der Waals surface area (Å²) in [6.07, 6.45) is 1.49. The van der Waals surface area contributed by atoms with E-state index >= 15 is 0 Å². The molecule has 0 radical (unpaired) electrons. The van der Waals surface area contributed by atoms with Crippen molar-refractivity contribution in [1.82, 2.24) is 15.2 Å². The maximum atomic E-state index is 13.3. The molecule has 1 aromatic heterocycles. The molecule has 0 aliphatic rings. The predicted molar refractivity (Wildman–Crippen MR) is 80.5 cm³/mol. The lowest BCUT2D eigenvalue weighted by Crippen LogP contribution is -2.30. The molecule has 1 heterocycles. The molecule has 1 aromatic carbocycles. The van der Waals surface area contributed by atoms with Crippen molar-refractivity contribution < 1.29 is 4.39 Å². The van der Waals surface area contributed by atoms with Crippen LogP contribution in [-0.2, 0) is 19.9 Å². The monoisotopic (exact) mass is 340 g/mol. The summed E-state index contributed by atoms with van der Waals surface area (Å²) >= 11 is 3.58. The van der Waals surface area contributed by atoms with E-state index in [1.165, 1.54) is 12.1 Å². The molecule has 4 nitrogen and oxygen atoms in total. The lowest BCUT2D eigenvalue weighted by Gasteiger charge is -2.17. The van der Waals surface area contributed by atoms with E-state index in [4.69, 9.17) is 5.84 Å². The summed E-state index contributed by atoms with van der Waals surface area (Å²) in [7, 11) is 1.90. The second-order valence-corrected chi connectivity index (χ2v) is 5.46. The first kappa shape index (κ1) is 15.2. The molecule has 0 bridgehead atoms. The first-order valence-electron chi connectivity index (χ1n) is 6.48. The SMILES string of the molecule is CCc1nn(C)c(CC(NN)c2cccc(F)c2)c1Br. The van der Waals surface area contributed by atoms with Gasteiger partial charge in [0.15, 0.2) is 0 Å². The number of halogens is 2. The van der Waals surface area contributed by atoms with Crippen LogP contribution in [0.4, 0.5) is 4.39 Å². The quantitative estimate of drug-likeness (QED) is 0.649. The summed E-state index contributed by atoms with van der Waals surface area (Å²) in [5.41, 5.74) is 5.61. The van der Waals surface area contributed by atoms with Gasteiger partial charge in [-0.3, -0.25) is 16.0 Å². The van der Waals surface area contributed by atoms with Crippen molar-refractivity contribution in [3.8, 4) is 0 Å². The molecular weight excluding hydrogens is 323 g/mol. The summed E-state index contributed by atoms with van der Waals surface area (Å²) in [6.45, 7) is 2.06. The van der Waals surface area contributed by atoms with Crippen molar-refractivity contribution in [1.29, 1.82) is 0 Å². The predicted octanol–water partition coefficient (Wildman–Crippen LogP) is 2.63. The van der Waals surface area contributed by atoms with Crippen LogP contribution in [0.15, 0.2) is 28.7 Å². The maximum absolute atomic E-state index is 13.3. The lowest BCUT2D eigenvalue weighted by atomic mass is 10.0. The van der Waals surface area contributed by atoms with Gasteiger partial charge in [-0.2, -0.15) is 5.10 Å². The molecular formula is C14H18BrFN4. The molecule has 0 fully saturated rings. The van der Waals surface area contributed by atoms with Gasteiger partial charge in [-0.15, -0.1) is 0 Å². The van der Waals surface area contributed by atoms with E-state index in [1.54, 1.807) is 6.07 Å². The van der Waals surface area contributed by atoms with Gasteiger partial charge in [0.1, 0.15) is 5.82 Å². The zero-order chi connectivity index (χ0) is 14.7. The number of hydrazine groups is 1. The van der Waals surface area contributed by atoms with E-state index in [0.717, 1.165) is 27.8 Å². The Morgan fingerprint density at radius 1 is 1.50 bits per heavy atom. The minimum atomic E-state index is -0.263. The van der Waals surface area contributed by atoms with Crippen LogP contribution in [0.2, 0.25) is 0 Å². The number of hydrogen-bond acceptors (Lipinski definition) is 3. The fourth-order valence-corrected chi connectivity index (χ4v) is 3.01. The van der Waals surface area contributed by atoms with Crippen molar-refractivity contribution in [2.24, 2.45) is 12.9 Å². The normalized spacial score (nSPS) is 12.7. The van der Waals surface area contributed by atoms with Crippen molar-refractivity contribution in [2.45, 2.75) is 25.8 Å². The molecule has 0 saturated heterocycles. The zero-order valence-corrected chi connectivity index (χ0v) is 13.1. The smallest absolute Gasteiger partial charge is 0.123 e. The molecule has 0 aliphatic carbocycles. The number of nitrogens with zero attached hydrogens (tertiary/aromatic N) is 2. The van der Waals surface area contributed by atoms with Gasteiger partial charge in [0.25, 0.3) is 0 Å². The van der Waals surface area contributed by atoms with E-state index in [9.17, 15) is 4.39 Å². The number of nitrogens with two attached hydrogens (primary N) is 1. The average molecular weight is 341 g/mol. The van der Waals surface area contributed by atoms with Gasteiger partial charge in [-0.05, 0) is 40.0 Å². The summed E-state index contributed by atoms with van der Waals surface area (Å²) in [5.74, 6) is 5.36. The number of aromatic nitrogens is 2. The fourth-order valence-electron chi connectivity index (χ4n) is 2.23. The van der Waals surface area contributed by atoms with Crippen LogP contribution < -0.4 is 11.3 Å². The first-order valence-corrected chi connectivity index (χ1v) is 7.28. The molecule has 20 heavy (non-hydrogen) atoms. The largest absolute Gasteiger partial charge is 0.271 e. The number of benzene rings is 1. The Hall–Kier alpha value is -1.24. The Bertz CT molecular complexity index is 597. The van der Waals surface area contributed by atoms with Crippen LogP contribution in [0, 0.1) is 5.82 Å². The molecule has 108 valence electrons. The van der Waals surface area contributed by atoms with Crippen LogP contribution >= 0.6 is 15.9 Å². The molecule has 1 atom stereocenters. The standard InChI is InChI=1S/C14H18BrFN4/c1-3-11-14(15)13(20(2)19-11)8-12(18-17)9-5-4-6-10(16)7-9/h4-7,12,18H,3,8,17H2,1-2H3. The van der Waals surface area contributed by atoms with Crippen LogP contribution in [0.5, 0.6) is 0 Å². The second kappa shape index (κ2) is 6.47. The van der Waals surface area contributed by atoms with Gasteiger partial charge < -0.3 is 0 Å².